The van der Waals surface area contributed by atoms with E-state index in [1.807, 2.05) is 0 Å². The van der Waals surface area contributed by atoms with Crippen LogP contribution in [0.4, 0.5) is 13.2 Å². The molecule has 0 spiro atoms. The van der Waals surface area contributed by atoms with Crippen molar-refractivity contribution in [3.63, 3.8) is 0 Å². The zero-order chi connectivity index (χ0) is 8.20. The second-order valence-electron chi connectivity index (χ2n) is 2.17. The first-order valence-corrected chi connectivity index (χ1v) is 2.97. The topological polar surface area (TPSA) is 0 Å². The monoisotopic (exact) mass is 151 g/mol. The van der Waals surface area contributed by atoms with Gasteiger partial charge in [-0.2, -0.15) is 13.2 Å². The summed E-state index contributed by atoms with van der Waals surface area (Å²) in [6.07, 6.45) is -3.27. The van der Waals surface area contributed by atoms with Gasteiger partial charge in [-0.05, 0) is 12.3 Å². The molecular formula is C7H10F3. The maximum absolute atomic E-state index is 11.5. The molecule has 0 aliphatic carbocycles. The van der Waals surface area contributed by atoms with Crippen LogP contribution in [0.3, 0.4) is 0 Å². The van der Waals surface area contributed by atoms with E-state index in [0.29, 0.717) is 5.92 Å². The molecular weight excluding hydrogens is 141 g/mol. The van der Waals surface area contributed by atoms with E-state index < -0.39 is 12.6 Å². The van der Waals surface area contributed by atoms with Crippen LogP contribution in [0.2, 0.25) is 0 Å². The molecule has 0 heterocycles. The van der Waals surface area contributed by atoms with E-state index >= 15 is 0 Å². The molecule has 0 saturated heterocycles. The summed E-state index contributed by atoms with van der Waals surface area (Å²) in [6.45, 7) is 4.99. The Morgan fingerprint density at radius 2 is 2.00 bits per heavy atom. The molecule has 10 heavy (non-hydrogen) atoms. The lowest BCUT2D eigenvalue weighted by atomic mass is 10.1. The van der Waals surface area contributed by atoms with Gasteiger partial charge in [-0.15, -0.1) is 6.58 Å². The van der Waals surface area contributed by atoms with Crippen molar-refractivity contribution in [3.05, 3.63) is 18.6 Å². The van der Waals surface area contributed by atoms with E-state index in [-0.39, 0.29) is 6.42 Å². The SMILES string of the molecule is C=C[C](C)CCC(F)(F)F. The first-order valence-electron chi connectivity index (χ1n) is 2.97. The Labute approximate surface area is 58.7 Å². The van der Waals surface area contributed by atoms with Crippen LogP contribution >= 0.6 is 0 Å². The van der Waals surface area contributed by atoms with Crippen LogP contribution in [0.1, 0.15) is 19.8 Å². The largest absolute Gasteiger partial charge is 0.389 e. The Morgan fingerprint density at radius 1 is 1.50 bits per heavy atom. The van der Waals surface area contributed by atoms with Crippen LogP contribution < -0.4 is 0 Å². The fraction of sp³-hybridized carbons (Fsp3) is 0.571. The maximum Gasteiger partial charge on any atom is 0.389 e. The molecule has 0 aromatic carbocycles. The molecule has 59 valence electrons. The van der Waals surface area contributed by atoms with Gasteiger partial charge < -0.3 is 0 Å². The van der Waals surface area contributed by atoms with Gasteiger partial charge in [-0.1, -0.05) is 13.0 Å². The third-order valence-corrected chi connectivity index (χ3v) is 1.15. The summed E-state index contributed by atoms with van der Waals surface area (Å²) in [4.78, 5) is 0. The lowest BCUT2D eigenvalue weighted by Gasteiger charge is -2.07. The van der Waals surface area contributed by atoms with E-state index in [1.165, 1.54) is 6.08 Å². The molecule has 0 bridgehead atoms. The predicted octanol–water partition coefficient (Wildman–Crippen LogP) is 3.11. The van der Waals surface area contributed by atoms with Crippen LogP contribution in [0.15, 0.2) is 12.7 Å². The highest BCUT2D eigenvalue weighted by Gasteiger charge is 2.26. The minimum Gasteiger partial charge on any atom is -0.171 e. The van der Waals surface area contributed by atoms with Gasteiger partial charge >= 0.3 is 6.18 Å². The van der Waals surface area contributed by atoms with Crippen molar-refractivity contribution >= 4 is 0 Å². The van der Waals surface area contributed by atoms with Gasteiger partial charge in [0.2, 0.25) is 0 Å². The van der Waals surface area contributed by atoms with Crippen LogP contribution in [-0.4, -0.2) is 6.18 Å². The highest BCUT2D eigenvalue weighted by atomic mass is 19.4. The normalized spacial score (nSPS) is 12.1. The van der Waals surface area contributed by atoms with Crippen molar-refractivity contribution in [2.45, 2.75) is 25.9 Å². The molecule has 0 N–H and O–H groups in total. The molecule has 3 heteroatoms. The van der Waals surface area contributed by atoms with Crippen molar-refractivity contribution in [1.29, 1.82) is 0 Å². The second kappa shape index (κ2) is 3.64. The number of allylic oxidation sites excluding steroid dienone is 1. The molecule has 0 nitrogen and oxygen atoms in total. The summed E-state index contributed by atoms with van der Waals surface area (Å²) in [5.41, 5.74) is 0. The summed E-state index contributed by atoms with van der Waals surface area (Å²) in [7, 11) is 0. The van der Waals surface area contributed by atoms with Gasteiger partial charge in [0.1, 0.15) is 0 Å². The van der Waals surface area contributed by atoms with Gasteiger partial charge in [0.15, 0.2) is 0 Å². The first kappa shape index (κ1) is 9.53. The number of alkyl halides is 3. The lowest BCUT2D eigenvalue weighted by Crippen LogP contribution is -2.07. The van der Waals surface area contributed by atoms with Crippen molar-refractivity contribution in [2.75, 3.05) is 0 Å². The number of hydrogen-bond acceptors (Lipinski definition) is 0. The summed E-state index contributed by atoms with van der Waals surface area (Å²) >= 11 is 0. The number of rotatable bonds is 3. The minimum atomic E-state index is -4.04. The van der Waals surface area contributed by atoms with Crippen LogP contribution in [0.25, 0.3) is 0 Å². The number of hydrogen-bond donors (Lipinski definition) is 0. The minimum absolute atomic E-state index is 0.0625. The van der Waals surface area contributed by atoms with E-state index in [2.05, 4.69) is 6.58 Å². The Bertz CT molecular complexity index is 104. The molecule has 0 aromatic heterocycles. The summed E-state index contributed by atoms with van der Waals surface area (Å²) in [5, 5.41) is 0. The highest BCUT2D eigenvalue weighted by Crippen LogP contribution is 2.24. The fourth-order valence-electron chi connectivity index (χ4n) is 0.441. The van der Waals surface area contributed by atoms with Crippen molar-refractivity contribution in [1.82, 2.24) is 0 Å². The molecule has 0 atom stereocenters. The molecule has 0 rings (SSSR count). The predicted molar refractivity (Wildman–Crippen MR) is 34.4 cm³/mol. The average Bonchev–Trinajstić information content (AvgIpc) is 1.81. The summed E-state index contributed by atoms with van der Waals surface area (Å²) in [5.74, 6) is 0.678. The molecule has 0 saturated carbocycles. The van der Waals surface area contributed by atoms with E-state index in [1.54, 1.807) is 6.92 Å². The van der Waals surface area contributed by atoms with Gasteiger partial charge in [-0.25, -0.2) is 0 Å². The lowest BCUT2D eigenvalue weighted by molar-refractivity contribution is -0.134. The fourth-order valence-corrected chi connectivity index (χ4v) is 0.441. The molecule has 0 amide bonds. The summed E-state index contributed by atoms with van der Waals surface area (Å²) < 4.78 is 34.5. The van der Waals surface area contributed by atoms with Gasteiger partial charge in [0, 0.05) is 6.42 Å². The zero-order valence-corrected chi connectivity index (χ0v) is 5.83. The summed E-state index contributed by atoms with van der Waals surface area (Å²) in [6, 6.07) is 0. The molecule has 0 unspecified atom stereocenters. The van der Waals surface area contributed by atoms with Crippen molar-refractivity contribution in [2.24, 2.45) is 0 Å². The Balaban J connectivity index is 3.45. The van der Waals surface area contributed by atoms with Crippen LogP contribution in [-0.2, 0) is 0 Å². The van der Waals surface area contributed by atoms with E-state index in [4.69, 9.17) is 0 Å². The van der Waals surface area contributed by atoms with E-state index in [9.17, 15) is 13.2 Å². The molecule has 0 aliphatic rings. The van der Waals surface area contributed by atoms with Crippen molar-refractivity contribution < 1.29 is 13.2 Å². The van der Waals surface area contributed by atoms with Crippen LogP contribution in [0, 0.1) is 5.92 Å². The smallest absolute Gasteiger partial charge is 0.171 e. The van der Waals surface area contributed by atoms with Gasteiger partial charge in [-0.3, -0.25) is 0 Å². The Kier molecular flexibility index (Phi) is 3.47. The first-order chi connectivity index (χ1) is 4.45. The molecule has 1 radical (unpaired) electrons. The Morgan fingerprint density at radius 3 is 2.30 bits per heavy atom. The number of halogens is 3. The maximum atomic E-state index is 11.5. The quantitative estimate of drug-likeness (QED) is 0.581. The third-order valence-electron chi connectivity index (χ3n) is 1.15. The average molecular weight is 151 g/mol. The Hall–Kier alpha value is -0.470. The van der Waals surface area contributed by atoms with Crippen molar-refractivity contribution in [3.8, 4) is 0 Å². The standard InChI is InChI=1S/C7H10F3/c1-3-6(2)4-5-7(8,9)10/h3H,1,4-5H2,2H3. The van der Waals surface area contributed by atoms with E-state index in [0.717, 1.165) is 0 Å². The zero-order valence-electron chi connectivity index (χ0n) is 5.83. The second-order valence-corrected chi connectivity index (χ2v) is 2.17. The van der Waals surface area contributed by atoms with Gasteiger partial charge in [0.05, 0.1) is 0 Å². The van der Waals surface area contributed by atoms with Gasteiger partial charge in [0.25, 0.3) is 0 Å². The molecule has 0 aliphatic heterocycles. The molecule has 0 aromatic rings. The highest BCUT2D eigenvalue weighted by molar-refractivity contribution is 5.01. The molecule has 0 fully saturated rings. The third kappa shape index (κ3) is 5.66. The van der Waals surface area contributed by atoms with Crippen LogP contribution in [0.5, 0.6) is 0 Å².